The summed E-state index contributed by atoms with van der Waals surface area (Å²) in [7, 11) is 0. The van der Waals surface area contributed by atoms with Crippen LogP contribution in [0.1, 0.15) is 15.9 Å². The molecule has 27 heavy (non-hydrogen) atoms. The molecule has 0 radical (unpaired) electrons. The molecule has 0 atom stereocenters. The number of hydrogen-bond acceptors (Lipinski definition) is 5. The number of benzene rings is 2. The van der Waals surface area contributed by atoms with E-state index >= 15 is 0 Å². The van der Waals surface area contributed by atoms with Crippen LogP contribution in [0.5, 0.6) is 5.75 Å². The molecule has 2 N–H and O–H groups in total. The van der Waals surface area contributed by atoms with Gasteiger partial charge in [-0.1, -0.05) is 60.9 Å². The van der Waals surface area contributed by atoms with Gasteiger partial charge in [-0.3, -0.25) is 14.5 Å². The first-order chi connectivity index (χ1) is 13.0. The van der Waals surface area contributed by atoms with Crippen LogP contribution in [-0.4, -0.2) is 22.7 Å². The third kappa shape index (κ3) is 4.10. The summed E-state index contributed by atoms with van der Waals surface area (Å²) in [5.41, 5.74) is 6.90. The summed E-state index contributed by atoms with van der Waals surface area (Å²) in [4.78, 5) is 26.4. The van der Waals surface area contributed by atoms with Crippen molar-refractivity contribution in [1.82, 2.24) is 0 Å². The van der Waals surface area contributed by atoms with Gasteiger partial charge in [0, 0.05) is 0 Å². The number of anilines is 1. The van der Waals surface area contributed by atoms with Crippen LogP contribution in [0.4, 0.5) is 5.69 Å². The van der Waals surface area contributed by atoms with E-state index in [0.717, 1.165) is 11.3 Å². The molecule has 2 aromatic rings. The van der Waals surface area contributed by atoms with E-state index in [1.165, 1.54) is 16.7 Å². The lowest BCUT2D eigenvalue weighted by atomic mass is 10.1. The van der Waals surface area contributed by atoms with Crippen molar-refractivity contribution in [3.63, 3.8) is 0 Å². The minimum absolute atomic E-state index is 0.249. The van der Waals surface area contributed by atoms with Crippen molar-refractivity contribution in [3.05, 3.63) is 77.2 Å². The van der Waals surface area contributed by atoms with Gasteiger partial charge in [-0.2, -0.15) is 0 Å². The third-order valence-corrected chi connectivity index (χ3v) is 5.05. The predicted molar refractivity (Wildman–Crippen MR) is 113 cm³/mol. The van der Waals surface area contributed by atoms with Gasteiger partial charge < -0.3 is 10.5 Å². The van der Waals surface area contributed by atoms with E-state index in [1.54, 1.807) is 36.4 Å². The van der Waals surface area contributed by atoms with Gasteiger partial charge in [-0.15, -0.1) is 0 Å². The first-order valence-corrected chi connectivity index (χ1v) is 9.24. The van der Waals surface area contributed by atoms with Crippen LogP contribution in [0.3, 0.4) is 0 Å². The van der Waals surface area contributed by atoms with Crippen molar-refractivity contribution in [3.8, 4) is 5.75 Å². The number of ether oxygens (including phenoxy) is 1. The molecule has 1 fully saturated rings. The van der Waals surface area contributed by atoms with Crippen molar-refractivity contribution in [2.24, 2.45) is 5.73 Å². The van der Waals surface area contributed by atoms with E-state index in [1.807, 2.05) is 24.3 Å². The SMILES string of the molecule is C=CCOc1ccc(/C=C2\SC(=S)N(c3ccccc3C(N)=O)C2=O)cc1. The van der Waals surface area contributed by atoms with Gasteiger partial charge in [0.25, 0.3) is 11.8 Å². The summed E-state index contributed by atoms with van der Waals surface area (Å²) in [5.74, 6) is -0.181. The van der Waals surface area contributed by atoms with Crippen LogP contribution >= 0.6 is 24.0 Å². The van der Waals surface area contributed by atoms with Crippen LogP contribution in [0.15, 0.2) is 66.1 Å². The minimum atomic E-state index is -0.612. The number of carbonyl (C=O) groups excluding carboxylic acids is 2. The fourth-order valence-corrected chi connectivity index (χ4v) is 3.80. The maximum atomic E-state index is 12.9. The number of amides is 2. The highest BCUT2D eigenvalue weighted by Crippen LogP contribution is 2.37. The number of hydrogen-bond donors (Lipinski definition) is 1. The quantitative estimate of drug-likeness (QED) is 0.457. The molecule has 1 aliphatic rings. The molecule has 1 saturated heterocycles. The van der Waals surface area contributed by atoms with Crippen LogP contribution < -0.4 is 15.4 Å². The molecule has 136 valence electrons. The molecular formula is C20H16N2O3S2. The lowest BCUT2D eigenvalue weighted by Gasteiger charge is -2.17. The molecule has 3 rings (SSSR count). The average molecular weight is 396 g/mol. The predicted octanol–water partition coefficient (Wildman–Crippen LogP) is 3.76. The molecule has 1 heterocycles. The Labute approximate surface area is 166 Å². The van der Waals surface area contributed by atoms with Crippen molar-refractivity contribution in [2.45, 2.75) is 0 Å². The zero-order chi connectivity index (χ0) is 19.4. The first kappa shape index (κ1) is 18.9. The number of carbonyl (C=O) groups is 2. The van der Waals surface area contributed by atoms with Gasteiger partial charge in [0.2, 0.25) is 0 Å². The average Bonchev–Trinajstić information content (AvgIpc) is 2.94. The normalized spacial score (nSPS) is 15.3. The maximum absolute atomic E-state index is 12.9. The molecule has 1 aliphatic heterocycles. The highest BCUT2D eigenvalue weighted by atomic mass is 32.2. The number of thioether (sulfide) groups is 1. The number of nitrogens with zero attached hydrogens (tertiary/aromatic N) is 1. The van der Waals surface area contributed by atoms with Gasteiger partial charge in [0.15, 0.2) is 4.32 Å². The summed E-state index contributed by atoms with van der Waals surface area (Å²) in [5, 5.41) is 0. The van der Waals surface area contributed by atoms with Crippen molar-refractivity contribution in [1.29, 1.82) is 0 Å². The Kier molecular flexibility index (Phi) is 5.73. The van der Waals surface area contributed by atoms with Crippen LogP contribution in [-0.2, 0) is 4.79 Å². The minimum Gasteiger partial charge on any atom is -0.490 e. The molecule has 7 heteroatoms. The van der Waals surface area contributed by atoms with Gasteiger partial charge in [0.05, 0.1) is 16.2 Å². The number of rotatable bonds is 6. The van der Waals surface area contributed by atoms with Crippen molar-refractivity contribution < 1.29 is 14.3 Å². The lowest BCUT2D eigenvalue weighted by Crippen LogP contribution is -2.30. The monoisotopic (exact) mass is 396 g/mol. The Balaban J connectivity index is 1.87. The second-order valence-corrected chi connectivity index (χ2v) is 7.24. The van der Waals surface area contributed by atoms with Gasteiger partial charge in [-0.05, 0) is 35.9 Å². The van der Waals surface area contributed by atoms with Crippen molar-refractivity contribution >= 4 is 51.9 Å². The third-order valence-electron chi connectivity index (χ3n) is 3.75. The van der Waals surface area contributed by atoms with Crippen molar-refractivity contribution in [2.75, 3.05) is 11.5 Å². The molecule has 5 nitrogen and oxygen atoms in total. The van der Waals surface area contributed by atoms with E-state index in [-0.39, 0.29) is 11.5 Å². The molecule has 0 unspecified atom stereocenters. The molecule has 0 aromatic heterocycles. The summed E-state index contributed by atoms with van der Waals surface area (Å²) in [6.45, 7) is 4.03. The second-order valence-electron chi connectivity index (χ2n) is 5.57. The number of primary amides is 1. The molecule has 2 aromatic carbocycles. The molecular weight excluding hydrogens is 380 g/mol. The molecule has 0 aliphatic carbocycles. The Bertz CT molecular complexity index is 952. The Morgan fingerprint density at radius 1 is 1.22 bits per heavy atom. The van der Waals surface area contributed by atoms with Crippen LogP contribution in [0.2, 0.25) is 0 Å². The number of nitrogens with two attached hydrogens (primary N) is 1. The van der Waals surface area contributed by atoms with E-state index in [9.17, 15) is 9.59 Å². The lowest BCUT2D eigenvalue weighted by molar-refractivity contribution is -0.113. The summed E-state index contributed by atoms with van der Waals surface area (Å²) in [6, 6.07) is 14.0. The fraction of sp³-hybridized carbons (Fsp3) is 0.0500. The van der Waals surface area contributed by atoms with Gasteiger partial charge >= 0.3 is 0 Å². The van der Waals surface area contributed by atoms with Gasteiger partial charge in [0.1, 0.15) is 12.4 Å². The Hall–Kier alpha value is -2.90. The molecule has 2 amide bonds. The molecule has 0 saturated carbocycles. The Morgan fingerprint density at radius 3 is 2.59 bits per heavy atom. The van der Waals surface area contributed by atoms with E-state index in [2.05, 4.69) is 6.58 Å². The summed E-state index contributed by atoms with van der Waals surface area (Å²) < 4.78 is 5.80. The summed E-state index contributed by atoms with van der Waals surface area (Å²) in [6.07, 6.45) is 3.42. The second kappa shape index (κ2) is 8.20. The highest BCUT2D eigenvalue weighted by molar-refractivity contribution is 8.27. The van der Waals surface area contributed by atoms with Crippen LogP contribution in [0, 0.1) is 0 Å². The largest absolute Gasteiger partial charge is 0.490 e. The fourth-order valence-electron chi connectivity index (χ4n) is 2.52. The topological polar surface area (TPSA) is 72.6 Å². The number of para-hydroxylation sites is 1. The van der Waals surface area contributed by atoms with E-state index < -0.39 is 5.91 Å². The Morgan fingerprint density at radius 2 is 1.93 bits per heavy atom. The molecule has 0 bridgehead atoms. The highest BCUT2D eigenvalue weighted by Gasteiger charge is 2.35. The van der Waals surface area contributed by atoms with E-state index in [4.69, 9.17) is 22.7 Å². The zero-order valence-corrected chi connectivity index (χ0v) is 15.9. The summed E-state index contributed by atoms with van der Waals surface area (Å²) >= 11 is 6.54. The van der Waals surface area contributed by atoms with E-state index in [0.29, 0.717) is 21.5 Å². The van der Waals surface area contributed by atoms with Gasteiger partial charge in [-0.25, -0.2) is 0 Å². The number of thiocarbonyl (C=S) groups is 1. The van der Waals surface area contributed by atoms with Crippen LogP contribution in [0.25, 0.3) is 6.08 Å². The zero-order valence-electron chi connectivity index (χ0n) is 14.3. The first-order valence-electron chi connectivity index (χ1n) is 8.02. The maximum Gasteiger partial charge on any atom is 0.270 e. The molecule has 0 spiro atoms. The standard InChI is InChI=1S/C20H16N2O3S2/c1-2-11-25-14-9-7-13(8-10-14)12-17-19(24)22(20(26)27-17)16-6-4-3-5-15(16)18(21)23/h2-10,12H,1,11H2,(H2,21,23)/b17-12-. The smallest absolute Gasteiger partial charge is 0.270 e.